The maximum Gasteiger partial charge on any atom is 0.270 e. The Balaban J connectivity index is 2.01. The highest BCUT2D eigenvalue weighted by Crippen LogP contribution is 2.34. The molecule has 156 valence electrons. The first-order valence-corrected chi connectivity index (χ1v) is 9.45. The largest absolute Gasteiger partial charge is 0.382 e. The van der Waals surface area contributed by atoms with Gasteiger partial charge in [-0.15, -0.1) is 10.2 Å². The summed E-state index contributed by atoms with van der Waals surface area (Å²) in [5.41, 5.74) is 7.09. The number of azo groups is 1. The summed E-state index contributed by atoms with van der Waals surface area (Å²) in [5, 5.41) is 31.6. The fourth-order valence-electron chi connectivity index (χ4n) is 2.63. The molecule has 2 heterocycles. The lowest BCUT2D eigenvalue weighted by molar-refractivity contribution is -0.384. The van der Waals surface area contributed by atoms with E-state index < -0.39 is 4.92 Å². The fourth-order valence-corrected chi connectivity index (χ4v) is 2.63. The molecule has 0 atom stereocenters. The number of nitriles is 1. The molecule has 3 aromatic rings. The molecule has 0 aliphatic rings. The van der Waals surface area contributed by atoms with E-state index in [1.807, 2.05) is 6.07 Å². The summed E-state index contributed by atoms with van der Waals surface area (Å²) in [4.78, 5) is 23.2. The maximum atomic E-state index is 10.9. The van der Waals surface area contributed by atoms with Crippen molar-refractivity contribution in [2.45, 2.75) is 19.8 Å². The van der Waals surface area contributed by atoms with Crippen LogP contribution in [0.15, 0.2) is 53.0 Å². The monoisotopic (exact) mass is 417 g/mol. The van der Waals surface area contributed by atoms with E-state index in [0.29, 0.717) is 18.2 Å². The molecular formula is C20H19N9O2. The molecule has 1 aromatic carbocycles. The van der Waals surface area contributed by atoms with E-state index in [-0.39, 0.29) is 28.4 Å². The number of non-ortho nitro benzene ring substituents is 1. The summed E-state index contributed by atoms with van der Waals surface area (Å²) in [5.74, 6) is 0.910. The highest BCUT2D eigenvalue weighted by molar-refractivity contribution is 5.75. The minimum atomic E-state index is -0.582. The zero-order chi connectivity index (χ0) is 22.2. The van der Waals surface area contributed by atoms with Crippen molar-refractivity contribution in [2.75, 3.05) is 17.6 Å². The van der Waals surface area contributed by atoms with Crippen LogP contribution in [0.2, 0.25) is 0 Å². The lowest BCUT2D eigenvalue weighted by Gasteiger charge is -2.11. The van der Waals surface area contributed by atoms with Crippen LogP contribution >= 0.6 is 0 Å². The number of pyridine rings is 1. The molecule has 0 fully saturated rings. The second kappa shape index (κ2) is 9.84. The van der Waals surface area contributed by atoms with Crippen LogP contribution in [0.1, 0.15) is 25.3 Å². The van der Waals surface area contributed by atoms with Crippen LogP contribution in [0.25, 0.3) is 11.4 Å². The van der Waals surface area contributed by atoms with E-state index >= 15 is 0 Å². The Labute approximate surface area is 177 Å². The number of rotatable bonds is 8. The van der Waals surface area contributed by atoms with Crippen molar-refractivity contribution >= 4 is 28.7 Å². The average Bonchev–Trinajstić information content (AvgIpc) is 2.79. The van der Waals surface area contributed by atoms with E-state index in [1.54, 1.807) is 24.5 Å². The highest BCUT2D eigenvalue weighted by atomic mass is 16.6. The average molecular weight is 417 g/mol. The van der Waals surface area contributed by atoms with Gasteiger partial charge in [0.05, 0.1) is 10.5 Å². The summed E-state index contributed by atoms with van der Waals surface area (Å²) >= 11 is 0. The van der Waals surface area contributed by atoms with E-state index in [4.69, 9.17) is 5.73 Å². The molecule has 3 rings (SSSR count). The van der Waals surface area contributed by atoms with Gasteiger partial charge in [0.2, 0.25) is 0 Å². The minimum Gasteiger partial charge on any atom is -0.382 e. The number of nitrogens with two attached hydrogens (primary N) is 1. The van der Waals surface area contributed by atoms with Crippen molar-refractivity contribution in [1.82, 2.24) is 15.0 Å². The highest BCUT2D eigenvalue weighted by Gasteiger charge is 2.15. The number of nitrogens with one attached hydrogen (secondary N) is 1. The van der Waals surface area contributed by atoms with Gasteiger partial charge in [-0.1, -0.05) is 13.3 Å². The molecule has 0 bridgehead atoms. The number of aromatic nitrogens is 3. The Kier molecular flexibility index (Phi) is 6.74. The zero-order valence-electron chi connectivity index (χ0n) is 16.7. The van der Waals surface area contributed by atoms with E-state index in [1.165, 1.54) is 12.1 Å². The Bertz CT molecular complexity index is 1160. The SMILES string of the molecule is CCCCNc1nc(-c2ccncc2)nc(N)c1N=Nc1ccc([N+](=O)[O-])cc1C#N. The number of nitro benzene ring substituents is 1. The normalized spacial score (nSPS) is 10.7. The van der Waals surface area contributed by atoms with Crippen LogP contribution in [-0.2, 0) is 0 Å². The topological polar surface area (TPSA) is 168 Å². The molecule has 0 unspecified atom stereocenters. The number of unbranched alkanes of at least 4 members (excludes halogenated alkanes) is 1. The van der Waals surface area contributed by atoms with Crippen molar-refractivity contribution in [3.8, 4) is 17.5 Å². The van der Waals surface area contributed by atoms with Crippen molar-refractivity contribution in [3.05, 3.63) is 58.4 Å². The van der Waals surface area contributed by atoms with Crippen LogP contribution in [0.4, 0.5) is 28.7 Å². The van der Waals surface area contributed by atoms with Gasteiger partial charge >= 0.3 is 0 Å². The first-order valence-electron chi connectivity index (χ1n) is 9.45. The van der Waals surface area contributed by atoms with Gasteiger partial charge < -0.3 is 11.1 Å². The maximum absolute atomic E-state index is 10.9. The third kappa shape index (κ3) is 5.13. The zero-order valence-corrected chi connectivity index (χ0v) is 16.7. The van der Waals surface area contributed by atoms with Crippen molar-refractivity contribution in [2.24, 2.45) is 10.2 Å². The quantitative estimate of drug-likeness (QED) is 0.233. The Morgan fingerprint density at radius 2 is 2.00 bits per heavy atom. The molecular weight excluding hydrogens is 398 g/mol. The van der Waals surface area contributed by atoms with Crippen LogP contribution in [-0.4, -0.2) is 26.4 Å². The van der Waals surface area contributed by atoms with Gasteiger partial charge in [0, 0.05) is 36.6 Å². The van der Waals surface area contributed by atoms with Crippen molar-refractivity contribution < 1.29 is 4.92 Å². The second-order valence-corrected chi connectivity index (χ2v) is 6.42. The molecule has 0 saturated carbocycles. The molecule has 31 heavy (non-hydrogen) atoms. The summed E-state index contributed by atoms with van der Waals surface area (Å²) < 4.78 is 0. The predicted molar refractivity (Wildman–Crippen MR) is 115 cm³/mol. The third-order valence-electron chi connectivity index (χ3n) is 4.24. The van der Waals surface area contributed by atoms with E-state index in [9.17, 15) is 15.4 Å². The molecule has 3 N–H and O–H groups in total. The predicted octanol–water partition coefficient (Wildman–Crippen LogP) is 4.53. The first kappa shape index (κ1) is 21.3. The number of benzene rings is 1. The molecule has 2 aromatic heterocycles. The van der Waals surface area contributed by atoms with Crippen LogP contribution < -0.4 is 11.1 Å². The van der Waals surface area contributed by atoms with Gasteiger partial charge in [0.1, 0.15) is 11.8 Å². The van der Waals surface area contributed by atoms with Gasteiger partial charge in [-0.05, 0) is 24.6 Å². The van der Waals surface area contributed by atoms with Crippen molar-refractivity contribution in [3.63, 3.8) is 0 Å². The van der Waals surface area contributed by atoms with Crippen molar-refractivity contribution in [1.29, 1.82) is 5.26 Å². The minimum absolute atomic E-state index is 0.0198. The van der Waals surface area contributed by atoms with Gasteiger partial charge in [-0.3, -0.25) is 15.1 Å². The standard InChI is InChI=1S/C20H19N9O2/c1-2-3-8-24-20-17(18(22)25-19(26-20)13-6-9-23-10-7-13)28-27-16-5-4-15(29(30)31)11-14(16)12-21/h4-7,9-11H,2-3,8H2,1H3,(H3,22,24,25,26). The lowest BCUT2D eigenvalue weighted by atomic mass is 10.2. The molecule has 0 spiro atoms. The molecule has 0 radical (unpaired) electrons. The van der Waals surface area contributed by atoms with Crippen LogP contribution in [0.3, 0.4) is 0 Å². The molecule has 0 aliphatic heterocycles. The van der Waals surface area contributed by atoms with E-state index in [0.717, 1.165) is 24.5 Å². The smallest absolute Gasteiger partial charge is 0.270 e. The van der Waals surface area contributed by atoms with Gasteiger partial charge in [0.15, 0.2) is 23.1 Å². The molecule has 11 nitrogen and oxygen atoms in total. The van der Waals surface area contributed by atoms with Gasteiger partial charge in [-0.25, -0.2) is 9.97 Å². The fraction of sp³-hybridized carbons (Fsp3) is 0.200. The third-order valence-corrected chi connectivity index (χ3v) is 4.24. The summed E-state index contributed by atoms with van der Waals surface area (Å²) in [7, 11) is 0. The molecule has 0 amide bonds. The van der Waals surface area contributed by atoms with Gasteiger partial charge in [-0.2, -0.15) is 5.26 Å². The molecule has 0 aliphatic carbocycles. The first-order chi connectivity index (χ1) is 15.0. The van der Waals surface area contributed by atoms with Crippen LogP contribution in [0.5, 0.6) is 0 Å². The molecule has 0 saturated heterocycles. The number of nitrogen functional groups attached to an aromatic ring is 1. The Morgan fingerprint density at radius 3 is 2.68 bits per heavy atom. The second-order valence-electron chi connectivity index (χ2n) is 6.42. The summed E-state index contributed by atoms with van der Waals surface area (Å²) in [6, 6.07) is 9.16. The van der Waals surface area contributed by atoms with Crippen LogP contribution in [0, 0.1) is 21.4 Å². The summed E-state index contributed by atoms with van der Waals surface area (Å²) in [6.45, 7) is 2.71. The summed E-state index contributed by atoms with van der Waals surface area (Å²) in [6.07, 6.45) is 5.15. The number of nitro groups is 1. The van der Waals surface area contributed by atoms with Gasteiger partial charge in [0.25, 0.3) is 5.69 Å². The number of nitrogens with zero attached hydrogens (tertiary/aromatic N) is 7. The Morgan fingerprint density at radius 1 is 1.23 bits per heavy atom. The number of hydrogen-bond donors (Lipinski definition) is 2. The lowest BCUT2D eigenvalue weighted by Crippen LogP contribution is -2.07. The Hall–Kier alpha value is -4.46. The number of hydrogen-bond acceptors (Lipinski definition) is 10. The van der Waals surface area contributed by atoms with E-state index in [2.05, 4.69) is 37.4 Å². The number of anilines is 2. The molecule has 11 heteroatoms.